The summed E-state index contributed by atoms with van der Waals surface area (Å²) in [5.41, 5.74) is 2.10. The molecule has 0 bridgehead atoms. The van der Waals surface area contributed by atoms with Gasteiger partial charge in [0.1, 0.15) is 0 Å². The van der Waals surface area contributed by atoms with E-state index in [-0.39, 0.29) is 11.9 Å². The molecule has 1 aromatic rings. The standard InChI is InChI=1S/C18H28N2O2/c1-13(2)16-8-4-5-9-17(16)20-18(21)11-14(3)19-12-15-7-6-10-22-15/h4-5,8-9,13-15,19H,6-7,10-12H2,1-3H3,(H,20,21)/t14-,15-/m0/s1. The fourth-order valence-corrected chi connectivity index (χ4v) is 2.80. The minimum Gasteiger partial charge on any atom is -0.377 e. The molecule has 1 aromatic carbocycles. The molecule has 1 fully saturated rings. The number of anilines is 1. The zero-order chi connectivity index (χ0) is 15.9. The molecule has 0 spiro atoms. The zero-order valence-corrected chi connectivity index (χ0v) is 13.9. The van der Waals surface area contributed by atoms with E-state index in [1.165, 1.54) is 5.56 Å². The Morgan fingerprint density at radius 1 is 1.32 bits per heavy atom. The van der Waals surface area contributed by atoms with E-state index in [1.807, 2.05) is 25.1 Å². The van der Waals surface area contributed by atoms with Crippen molar-refractivity contribution in [3.05, 3.63) is 29.8 Å². The topological polar surface area (TPSA) is 50.4 Å². The molecule has 0 unspecified atom stereocenters. The highest BCUT2D eigenvalue weighted by Crippen LogP contribution is 2.23. The molecular formula is C18H28N2O2. The van der Waals surface area contributed by atoms with Crippen molar-refractivity contribution in [2.24, 2.45) is 0 Å². The first-order chi connectivity index (χ1) is 10.6. The van der Waals surface area contributed by atoms with Crippen molar-refractivity contribution in [1.29, 1.82) is 0 Å². The number of hydrogen-bond donors (Lipinski definition) is 2. The van der Waals surface area contributed by atoms with E-state index in [9.17, 15) is 4.79 Å². The van der Waals surface area contributed by atoms with E-state index in [0.717, 1.165) is 31.7 Å². The van der Waals surface area contributed by atoms with Gasteiger partial charge in [0.05, 0.1) is 6.10 Å². The van der Waals surface area contributed by atoms with Crippen LogP contribution in [0.25, 0.3) is 0 Å². The van der Waals surface area contributed by atoms with Crippen LogP contribution < -0.4 is 10.6 Å². The average Bonchev–Trinajstić information content (AvgIpc) is 2.98. The van der Waals surface area contributed by atoms with Crippen LogP contribution in [0.5, 0.6) is 0 Å². The van der Waals surface area contributed by atoms with E-state index in [2.05, 4.69) is 30.5 Å². The van der Waals surface area contributed by atoms with Crippen molar-refractivity contribution in [3.63, 3.8) is 0 Å². The van der Waals surface area contributed by atoms with Crippen LogP contribution in [0.1, 0.15) is 51.5 Å². The Hall–Kier alpha value is -1.39. The Morgan fingerprint density at radius 3 is 2.77 bits per heavy atom. The molecule has 1 amide bonds. The largest absolute Gasteiger partial charge is 0.377 e. The molecule has 1 saturated heterocycles. The summed E-state index contributed by atoms with van der Waals surface area (Å²) >= 11 is 0. The van der Waals surface area contributed by atoms with Gasteiger partial charge in [-0.2, -0.15) is 0 Å². The fraction of sp³-hybridized carbons (Fsp3) is 0.611. The molecule has 2 atom stereocenters. The Morgan fingerprint density at radius 2 is 2.09 bits per heavy atom. The van der Waals surface area contributed by atoms with Crippen LogP contribution in [-0.4, -0.2) is 31.2 Å². The Kier molecular flexibility index (Phi) is 6.40. The smallest absolute Gasteiger partial charge is 0.225 e. The SMILES string of the molecule is CC(C)c1ccccc1NC(=O)C[C@H](C)NC[C@@H]1CCCO1. The van der Waals surface area contributed by atoms with E-state index >= 15 is 0 Å². The Labute approximate surface area is 133 Å². The van der Waals surface area contributed by atoms with Crippen molar-refractivity contribution >= 4 is 11.6 Å². The lowest BCUT2D eigenvalue weighted by atomic mass is 10.0. The maximum atomic E-state index is 12.2. The first kappa shape index (κ1) is 17.0. The minimum absolute atomic E-state index is 0.0560. The van der Waals surface area contributed by atoms with Crippen LogP contribution >= 0.6 is 0 Å². The van der Waals surface area contributed by atoms with Crippen molar-refractivity contribution < 1.29 is 9.53 Å². The first-order valence-corrected chi connectivity index (χ1v) is 8.30. The van der Waals surface area contributed by atoms with Crippen molar-refractivity contribution in [2.45, 2.75) is 58.1 Å². The zero-order valence-electron chi connectivity index (χ0n) is 13.9. The molecule has 0 radical (unpaired) electrons. The lowest BCUT2D eigenvalue weighted by Crippen LogP contribution is -2.36. The van der Waals surface area contributed by atoms with Gasteiger partial charge in [-0.1, -0.05) is 32.0 Å². The van der Waals surface area contributed by atoms with Gasteiger partial charge >= 0.3 is 0 Å². The molecule has 4 nitrogen and oxygen atoms in total. The highest BCUT2D eigenvalue weighted by Gasteiger charge is 2.17. The summed E-state index contributed by atoms with van der Waals surface area (Å²) in [7, 11) is 0. The van der Waals surface area contributed by atoms with Gasteiger partial charge in [-0.25, -0.2) is 0 Å². The molecule has 22 heavy (non-hydrogen) atoms. The predicted molar refractivity (Wildman–Crippen MR) is 90.2 cm³/mol. The van der Waals surface area contributed by atoms with E-state index in [4.69, 9.17) is 4.74 Å². The number of hydrogen-bond acceptors (Lipinski definition) is 3. The fourth-order valence-electron chi connectivity index (χ4n) is 2.80. The number of carbonyl (C=O) groups is 1. The molecule has 1 aliphatic heterocycles. The maximum Gasteiger partial charge on any atom is 0.225 e. The van der Waals surface area contributed by atoms with Crippen molar-refractivity contribution in [3.8, 4) is 0 Å². The predicted octanol–water partition coefficient (Wildman–Crippen LogP) is 3.30. The second-order valence-electron chi connectivity index (χ2n) is 6.44. The Bertz CT molecular complexity index is 482. The third-order valence-corrected chi connectivity index (χ3v) is 4.07. The van der Waals surface area contributed by atoms with Crippen LogP contribution in [0.3, 0.4) is 0 Å². The highest BCUT2D eigenvalue weighted by atomic mass is 16.5. The van der Waals surface area contributed by atoms with Gasteiger partial charge in [-0.05, 0) is 37.3 Å². The van der Waals surface area contributed by atoms with Gasteiger partial charge in [0.15, 0.2) is 0 Å². The second kappa shape index (κ2) is 8.30. The molecule has 1 heterocycles. The van der Waals surface area contributed by atoms with E-state index in [1.54, 1.807) is 0 Å². The summed E-state index contributed by atoms with van der Waals surface area (Å²) in [4.78, 5) is 12.2. The van der Waals surface area contributed by atoms with Crippen LogP contribution in [0.4, 0.5) is 5.69 Å². The molecule has 2 rings (SSSR count). The number of ether oxygens (including phenoxy) is 1. The molecule has 0 aromatic heterocycles. The molecule has 4 heteroatoms. The number of rotatable bonds is 7. The van der Waals surface area contributed by atoms with Gasteiger partial charge in [0, 0.05) is 31.3 Å². The quantitative estimate of drug-likeness (QED) is 0.812. The van der Waals surface area contributed by atoms with Gasteiger partial charge < -0.3 is 15.4 Å². The van der Waals surface area contributed by atoms with Gasteiger partial charge in [0.2, 0.25) is 5.91 Å². The monoisotopic (exact) mass is 304 g/mol. The minimum atomic E-state index is 0.0560. The van der Waals surface area contributed by atoms with Crippen LogP contribution in [-0.2, 0) is 9.53 Å². The van der Waals surface area contributed by atoms with Crippen molar-refractivity contribution in [2.75, 3.05) is 18.5 Å². The van der Waals surface area contributed by atoms with Gasteiger partial charge in [-0.15, -0.1) is 0 Å². The average molecular weight is 304 g/mol. The van der Waals surface area contributed by atoms with Crippen molar-refractivity contribution in [1.82, 2.24) is 5.32 Å². The molecule has 2 N–H and O–H groups in total. The summed E-state index contributed by atoms with van der Waals surface area (Å²) in [5, 5.41) is 6.43. The number of para-hydroxylation sites is 1. The van der Waals surface area contributed by atoms with E-state index in [0.29, 0.717) is 18.4 Å². The number of amides is 1. The van der Waals surface area contributed by atoms with E-state index < -0.39 is 0 Å². The molecule has 1 aliphatic rings. The third-order valence-electron chi connectivity index (χ3n) is 4.07. The van der Waals surface area contributed by atoms with Crippen LogP contribution in [0.15, 0.2) is 24.3 Å². The van der Waals surface area contributed by atoms with Gasteiger partial charge in [0.25, 0.3) is 0 Å². The van der Waals surface area contributed by atoms with Gasteiger partial charge in [-0.3, -0.25) is 4.79 Å². The third kappa shape index (κ3) is 5.11. The summed E-state index contributed by atoms with van der Waals surface area (Å²) in [5.74, 6) is 0.451. The molecule has 122 valence electrons. The summed E-state index contributed by atoms with van der Waals surface area (Å²) in [6.45, 7) is 8.01. The summed E-state index contributed by atoms with van der Waals surface area (Å²) in [6, 6.07) is 8.16. The molecule has 0 aliphatic carbocycles. The molecule has 0 saturated carbocycles. The lowest BCUT2D eigenvalue weighted by molar-refractivity contribution is -0.116. The van der Waals surface area contributed by atoms with Crippen LogP contribution in [0.2, 0.25) is 0 Å². The normalized spacial score (nSPS) is 19.4. The number of nitrogens with one attached hydrogen (secondary N) is 2. The number of carbonyl (C=O) groups excluding carboxylic acids is 1. The molecular weight excluding hydrogens is 276 g/mol. The summed E-state index contributed by atoms with van der Waals surface area (Å²) < 4.78 is 5.58. The first-order valence-electron chi connectivity index (χ1n) is 8.30. The second-order valence-corrected chi connectivity index (χ2v) is 6.44. The highest BCUT2D eigenvalue weighted by molar-refractivity contribution is 5.91. The maximum absolute atomic E-state index is 12.2. The lowest BCUT2D eigenvalue weighted by Gasteiger charge is -2.18. The summed E-state index contributed by atoms with van der Waals surface area (Å²) in [6.07, 6.45) is 3.05. The Balaban J connectivity index is 1.79. The number of benzene rings is 1. The van der Waals surface area contributed by atoms with Crippen LogP contribution in [0, 0.1) is 0 Å².